The third-order valence-corrected chi connectivity index (χ3v) is 8.02. The second kappa shape index (κ2) is 3.83. The Morgan fingerprint density at radius 1 is 0.773 bits per heavy atom. The van der Waals surface area contributed by atoms with Crippen LogP contribution >= 0.6 is 0 Å². The van der Waals surface area contributed by atoms with Gasteiger partial charge in [-0.15, -0.1) is 0 Å². The molecular formula is C20H26O2. The highest BCUT2D eigenvalue weighted by Gasteiger charge is 2.68. The first-order chi connectivity index (χ1) is 10.1. The van der Waals surface area contributed by atoms with Crippen LogP contribution in [0.1, 0.15) is 40.5 Å². The fraction of sp³-hybridized carbons (Fsp3) is 0.700. The highest BCUT2D eigenvalue weighted by molar-refractivity contribution is 6.07. The summed E-state index contributed by atoms with van der Waals surface area (Å²) < 4.78 is 0. The van der Waals surface area contributed by atoms with Crippen molar-refractivity contribution in [3.8, 4) is 0 Å². The standard InChI is InChI=1S/C20H26O2/c1-9-11-7-13(19(11,3)4)15(17(9)21)16-14-8-12(20(14,5)6)10(2)18(16)22/h11-16H,1-2,7-8H2,3-6H3/t11-,12-,13+,14+,15-,16-/m0/s1. The van der Waals surface area contributed by atoms with Gasteiger partial charge in [-0.2, -0.15) is 0 Å². The topological polar surface area (TPSA) is 34.1 Å². The molecule has 6 aliphatic rings. The van der Waals surface area contributed by atoms with E-state index in [1.807, 2.05) is 0 Å². The molecule has 22 heavy (non-hydrogen) atoms. The Labute approximate surface area is 133 Å². The average Bonchev–Trinajstić information content (AvgIpc) is 2.43. The van der Waals surface area contributed by atoms with Crippen LogP contribution in [-0.2, 0) is 9.59 Å². The molecule has 6 saturated carbocycles. The second-order valence-electron chi connectivity index (χ2n) is 9.26. The lowest BCUT2D eigenvalue weighted by Gasteiger charge is -2.66. The molecule has 0 aromatic rings. The van der Waals surface area contributed by atoms with Gasteiger partial charge in [0, 0.05) is 11.8 Å². The monoisotopic (exact) mass is 298 g/mol. The van der Waals surface area contributed by atoms with Crippen LogP contribution in [-0.4, -0.2) is 11.6 Å². The van der Waals surface area contributed by atoms with Gasteiger partial charge in [0.1, 0.15) is 0 Å². The van der Waals surface area contributed by atoms with Gasteiger partial charge in [-0.3, -0.25) is 9.59 Å². The Morgan fingerprint density at radius 3 is 1.36 bits per heavy atom. The summed E-state index contributed by atoms with van der Waals surface area (Å²) in [7, 11) is 0. The molecule has 0 heterocycles. The quantitative estimate of drug-likeness (QED) is 0.690. The highest BCUT2D eigenvalue weighted by Crippen LogP contribution is 2.69. The van der Waals surface area contributed by atoms with Crippen LogP contribution in [0.25, 0.3) is 0 Å². The van der Waals surface area contributed by atoms with Crippen molar-refractivity contribution in [1.29, 1.82) is 0 Å². The minimum atomic E-state index is -0.151. The Morgan fingerprint density at radius 2 is 1.09 bits per heavy atom. The number of Topliss-reactive ketones (excluding diaryl/α,β-unsaturated/α-hetero) is 2. The zero-order valence-corrected chi connectivity index (χ0v) is 14.1. The summed E-state index contributed by atoms with van der Waals surface area (Å²) >= 11 is 0. The number of carbonyl (C=O) groups excluding carboxylic acids is 2. The first-order valence-electron chi connectivity index (χ1n) is 8.56. The normalized spacial score (nSPS) is 47.8. The first-order valence-corrected chi connectivity index (χ1v) is 8.56. The average molecular weight is 298 g/mol. The molecule has 118 valence electrons. The maximum atomic E-state index is 12.9. The molecule has 6 aliphatic carbocycles. The number of rotatable bonds is 1. The zero-order valence-electron chi connectivity index (χ0n) is 14.1. The SMILES string of the molecule is C=C1C(=O)[C@H]([C@H]2C(=O)C(=C)[C@@H]3C[C@H]2C3(C)C)[C@H]2C[C@@H]1C2(C)C. The molecule has 0 N–H and O–H groups in total. The van der Waals surface area contributed by atoms with Crippen molar-refractivity contribution in [1.82, 2.24) is 0 Å². The lowest BCUT2D eigenvalue weighted by Crippen LogP contribution is -2.66. The van der Waals surface area contributed by atoms with E-state index in [4.69, 9.17) is 0 Å². The summed E-state index contributed by atoms with van der Waals surface area (Å²) in [6.45, 7) is 17.2. The van der Waals surface area contributed by atoms with Gasteiger partial charge in [-0.1, -0.05) is 40.9 Å². The smallest absolute Gasteiger partial charge is 0.162 e. The maximum Gasteiger partial charge on any atom is 0.162 e. The van der Waals surface area contributed by atoms with E-state index in [1.165, 1.54) is 0 Å². The highest BCUT2D eigenvalue weighted by atomic mass is 16.1. The molecule has 0 aromatic heterocycles. The van der Waals surface area contributed by atoms with Crippen molar-refractivity contribution in [3.63, 3.8) is 0 Å². The summed E-state index contributed by atoms with van der Waals surface area (Å²) in [5.41, 5.74) is 1.77. The molecular weight excluding hydrogens is 272 g/mol. The third-order valence-electron chi connectivity index (χ3n) is 8.02. The molecule has 0 aromatic carbocycles. The van der Waals surface area contributed by atoms with Gasteiger partial charge in [0.25, 0.3) is 0 Å². The van der Waals surface area contributed by atoms with Crippen LogP contribution in [0.15, 0.2) is 24.3 Å². The van der Waals surface area contributed by atoms with E-state index in [2.05, 4.69) is 40.9 Å². The number of hydrogen-bond acceptors (Lipinski definition) is 2. The van der Waals surface area contributed by atoms with Gasteiger partial charge < -0.3 is 0 Å². The molecule has 0 unspecified atom stereocenters. The van der Waals surface area contributed by atoms with Gasteiger partial charge in [0.15, 0.2) is 11.6 Å². The molecule has 2 heteroatoms. The van der Waals surface area contributed by atoms with Crippen molar-refractivity contribution in [2.75, 3.05) is 0 Å². The predicted octanol–water partition coefficient (Wildman–Crippen LogP) is 3.82. The van der Waals surface area contributed by atoms with Crippen LogP contribution in [0.2, 0.25) is 0 Å². The van der Waals surface area contributed by atoms with Gasteiger partial charge >= 0.3 is 0 Å². The summed E-state index contributed by atoms with van der Waals surface area (Å²) in [5, 5.41) is 0. The lowest BCUT2D eigenvalue weighted by molar-refractivity contribution is -0.173. The summed E-state index contributed by atoms with van der Waals surface area (Å²) in [6, 6.07) is 0. The van der Waals surface area contributed by atoms with Gasteiger partial charge in [-0.05, 0) is 58.5 Å². The summed E-state index contributed by atoms with van der Waals surface area (Å²) in [5.74, 6) is 1.37. The van der Waals surface area contributed by atoms with Gasteiger partial charge in [0.2, 0.25) is 0 Å². The molecule has 0 aliphatic heterocycles. The lowest BCUT2D eigenvalue weighted by atomic mass is 9.36. The van der Waals surface area contributed by atoms with Gasteiger partial charge in [-0.25, -0.2) is 0 Å². The Hall–Kier alpha value is -1.18. The number of hydrogen-bond donors (Lipinski definition) is 0. The first kappa shape index (κ1) is 14.4. The molecule has 0 spiro atoms. The van der Waals surface area contributed by atoms with Crippen molar-refractivity contribution in [3.05, 3.63) is 24.3 Å². The molecule has 0 saturated heterocycles. The van der Waals surface area contributed by atoms with Crippen LogP contribution in [0.5, 0.6) is 0 Å². The Bertz CT molecular complexity index is 580. The molecule has 0 radical (unpaired) electrons. The van der Waals surface area contributed by atoms with Crippen molar-refractivity contribution in [2.45, 2.75) is 40.5 Å². The molecule has 6 fully saturated rings. The number of fused-ring (bicyclic) bond motifs is 5. The van der Waals surface area contributed by atoms with Crippen LogP contribution in [0, 0.1) is 46.3 Å². The van der Waals surface area contributed by atoms with Gasteiger partial charge in [0.05, 0.1) is 0 Å². The van der Waals surface area contributed by atoms with E-state index in [0.29, 0.717) is 23.7 Å². The van der Waals surface area contributed by atoms with E-state index in [-0.39, 0.29) is 34.2 Å². The fourth-order valence-electron chi connectivity index (χ4n) is 6.28. The predicted molar refractivity (Wildman–Crippen MR) is 86.0 cm³/mol. The van der Waals surface area contributed by atoms with Crippen LogP contribution in [0.4, 0.5) is 0 Å². The van der Waals surface area contributed by atoms with E-state index in [1.54, 1.807) is 0 Å². The van der Waals surface area contributed by atoms with Crippen molar-refractivity contribution >= 4 is 11.6 Å². The molecule has 4 bridgehead atoms. The minimum absolute atomic E-state index is 0.113. The second-order valence-corrected chi connectivity index (χ2v) is 9.26. The van der Waals surface area contributed by atoms with Crippen LogP contribution in [0.3, 0.4) is 0 Å². The van der Waals surface area contributed by atoms with Crippen molar-refractivity contribution in [2.24, 2.45) is 46.3 Å². The van der Waals surface area contributed by atoms with Crippen molar-refractivity contribution < 1.29 is 9.59 Å². The summed E-state index contributed by atoms with van der Waals surface area (Å²) in [6.07, 6.45) is 2.07. The van der Waals surface area contributed by atoms with E-state index in [0.717, 1.165) is 24.0 Å². The maximum absolute atomic E-state index is 12.9. The van der Waals surface area contributed by atoms with Crippen LogP contribution < -0.4 is 0 Å². The Balaban J connectivity index is 1.77. The summed E-state index contributed by atoms with van der Waals surface area (Å²) in [4.78, 5) is 25.8. The zero-order chi connectivity index (χ0) is 16.2. The number of allylic oxidation sites excluding steroid dienone is 2. The molecule has 0 amide bonds. The van der Waals surface area contributed by atoms with E-state index in [9.17, 15) is 9.59 Å². The fourth-order valence-corrected chi connectivity index (χ4v) is 6.28. The minimum Gasteiger partial charge on any atom is -0.294 e. The Kier molecular flexibility index (Phi) is 2.51. The number of carbonyl (C=O) groups is 2. The molecule has 6 atom stereocenters. The molecule has 6 rings (SSSR count). The van der Waals surface area contributed by atoms with E-state index >= 15 is 0 Å². The number of ketones is 2. The van der Waals surface area contributed by atoms with E-state index < -0.39 is 0 Å². The third kappa shape index (κ3) is 1.34. The molecule has 2 nitrogen and oxygen atoms in total. The largest absolute Gasteiger partial charge is 0.294 e.